The van der Waals surface area contributed by atoms with Crippen molar-refractivity contribution >= 4 is 11.6 Å². The van der Waals surface area contributed by atoms with Gasteiger partial charge in [-0.25, -0.2) is 0 Å². The first kappa shape index (κ1) is 12.5. The number of hydrogen-bond donors (Lipinski definition) is 1. The summed E-state index contributed by atoms with van der Waals surface area (Å²) >= 11 is 0. The van der Waals surface area contributed by atoms with Crippen molar-refractivity contribution in [3.8, 4) is 0 Å². The largest absolute Gasteiger partial charge is 0.398 e. The number of hydrogen-bond acceptors (Lipinski definition) is 2. The molecule has 3 nitrogen and oxygen atoms in total. The van der Waals surface area contributed by atoms with E-state index in [0.717, 1.165) is 37.1 Å². The molecule has 3 heteroatoms. The van der Waals surface area contributed by atoms with Crippen LogP contribution in [0.25, 0.3) is 0 Å². The molecule has 3 rings (SSSR count). The van der Waals surface area contributed by atoms with Gasteiger partial charge in [-0.15, -0.1) is 0 Å². The van der Waals surface area contributed by atoms with Crippen LogP contribution in [-0.4, -0.2) is 17.4 Å². The Balaban J connectivity index is 1.74. The molecule has 0 radical (unpaired) electrons. The maximum Gasteiger partial charge on any atom is 0.225 e. The molecule has 1 aliphatic carbocycles. The minimum atomic E-state index is 0.264. The maximum atomic E-state index is 12.6. The summed E-state index contributed by atoms with van der Waals surface area (Å²) in [5, 5.41) is 0. The van der Waals surface area contributed by atoms with Crippen LogP contribution in [0.5, 0.6) is 0 Å². The van der Waals surface area contributed by atoms with Crippen LogP contribution in [0.2, 0.25) is 0 Å². The second kappa shape index (κ2) is 5.24. The fourth-order valence-corrected chi connectivity index (χ4v) is 3.40. The summed E-state index contributed by atoms with van der Waals surface area (Å²) in [4.78, 5) is 14.6. The lowest BCUT2D eigenvalue weighted by Gasteiger charge is -2.33. The van der Waals surface area contributed by atoms with Crippen molar-refractivity contribution in [2.75, 3.05) is 12.3 Å². The van der Waals surface area contributed by atoms with E-state index in [1.807, 2.05) is 17.0 Å². The predicted octanol–water partition coefficient (Wildman–Crippen LogP) is 2.73. The van der Waals surface area contributed by atoms with E-state index in [2.05, 4.69) is 6.07 Å². The van der Waals surface area contributed by atoms with E-state index < -0.39 is 0 Å². The van der Waals surface area contributed by atoms with E-state index in [-0.39, 0.29) is 5.92 Å². The normalized spacial score (nSPS) is 20.1. The van der Waals surface area contributed by atoms with Gasteiger partial charge in [-0.1, -0.05) is 31.4 Å². The SMILES string of the molecule is Nc1cccc2c1CN(C(=O)C1CCCCC1)CC2. The van der Waals surface area contributed by atoms with Crippen LogP contribution in [0, 0.1) is 5.92 Å². The van der Waals surface area contributed by atoms with Gasteiger partial charge in [-0.2, -0.15) is 0 Å². The molecule has 1 amide bonds. The molecular formula is C16H22N2O. The molecular weight excluding hydrogens is 236 g/mol. The highest BCUT2D eigenvalue weighted by atomic mass is 16.2. The quantitative estimate of drug-likeness (QED) is 0.787. The smallest absolute Gasteiger partial charge is 0.225 e. The Bertz CT molecular complexity index is 478. The Morgan fingerprint density at radius 1 is 1.21 bits per heavy atom. The molecule has 0 atom stereocenters. The van der Waals surface area contributed by atoms with Gasteiger partial charge in [0.1, 0.15) is 0 Å². The third-order valence-electron chi connectivity index (χ3n) is 4.58. The van der Waals surface area contributed by atoms with Gasteiger partial charge in [-0.05, 0) is 36.5 Å². The summed E-state index contributed by atoms with van der Waals surface area (Å²) in [6.45, 7) is 1.56. The molecule has 1 heterocycles. The molecule has 0 spiro atoms. The van der Waals surface area contributed by atoms with Gasteiger partial charge >= 0.3 is 0 Å². The van der Waals surface area contributed by atoms with E-state index in [4.69, 9.17) is 5.73 Å². The Labute approximate surface area is 114 Å². The first-order chi connectivity index (χ1) is 9.25. The van der Waals surface area contributed by atoms with Gasteiger partial charge in [0.15, 0.2) is 0 Å². The topological polar surface area (TPSA) is 46.3 Å². The Hall–Kier alpha value is -1.51. The number of nitrogens with two attached hydrogens (primary N) is 1. The van der Waals surface area contributed by atoms with Gasteiger partial charge in [0.25, 0.3) is 0 Å². The Kier molecular flexibility index (Phi) is 3.45. The standard InChI is InChI=1S/C16H22N2O/c17-15-8-4-7-12-9-10-18(11-14(12)15)16(19)13-5-2-1-3-6-13/h4,7-8,13H,1-3,5-6,9-11,17H2. The van der Waals surface area contributed by atoms with Crippen molar-refractivity contribution in [1.82, 2.24) is 4.90 Å². The van der Waals surface area contributed by atoms with Crippen LogP contribution < -0.4 is 5.73 Å². The van der Waals surface area contributed by atoms with Crippen molar-refractivity contribution in [2.45, 2.75) is 45.1 Å². The molecule has 1 aromatic rings. The second-order valence-electron chi connectivity index (χ2n) is 5.83. The molecule has 0 bridgehead atoms. The van der Waals surface area contributed by atoms with Gasteiger partial charge in [0.2, 0.25) is 5.91 Å². The highest BCUT2D eigenvalue weighted by molar-refractivity contribution is 5.79. The number of carbonyl (C=O) groups is 1. The monoisotopic (exact) mass is 258 g/mol. The lowest BCUT2D eigenvalue weighted by atomic mass is 9.87. The average molecular weight is 258 g/mol. The molecule has 1 aromatic carbocycles. The average Bonchev–Trinajstić information content (AvgIpc) is 2.47. The van der Waals surface area contributed by atoms with Crippen LogP contribution in [0.1, 0.15) is 43.2 Å². The van der Waals surface area contributed by atoms with Gasteiger partial charge in [0, 0.05) is 24.7 Å². The summed E-state index contributed by atoms with van der Waals surface area (Å²) in [7, 11) is 0. The van der Waals surface area contributed by atoms with E-state index in [0.29, 0.717) is 12.5 Å². The molecule has 19 heavy (non-hydrogen) atoms. The number of fused-ring (bicyclic) bond motifs is 1. The van der Waals surface area contributed by atoms with Crippen molar-refractivity contribution < 1.29 is 4.79 Å². The zero-order valence-electron chi connectivity index (χ0n) is 11.4. The van der Waals surface area contributed by atoms with Gasteiger partial charge in [-0.3, -0.25) is 4.79 Å². The Morgan fingerprint density at radius 2 is 2.00 bits per heavy atom. The van der Waals surface area contributed by atoms with Crippen LogP contribution in [-0.2, 0) is 17.8 Å². The number of anilines is 1. The second-order valence-corrected chi connectivity index (χ2v) is 5.83. The minimum absolute atomic E-state index is 0.264. The fraction of sp³-hybridized carbons (Fsp3) is 0.562. The van der Waals surface area contributed by atoms with Gasteiger partial charge < -0.3 is 10.6 Å². The zero-order valence-corrected chi connectivity index (χ0v) is 11.4. The Morgan fingerprint density at radius 3 is 2.79 bits per heavy atom. The molecule has 0 aromatic heterocycles. The van der Waals surface area contributed by atoms with Crippen LogP contribution in [0.3, 0.4) is 0 Å². The van der Waals surface area contributed by atoms with Crippen molar-refractivity contribution in [2.24, 2.45) is 5.92 Å². The molecule has 2 N–H and O–H groups in total. The van der Waals surface area contributed by atoms with Crippen molar-refractivity contribution in [3.63, 3.8) is 0 Å². The van der Waals surface area contributed by atoms with Crippen molar-refractivity contribution in [3.05, 3.63) is 29.3 Å². The number of benzene rings is 1. The van der Waals surface area contributed by atoms with E-state index in [9.17, 15) is 4.79 Å². The van der Waals surface area contributed by atoms with Crippen LogP contribution in [0.4, 0.5) is 5.69 Å². The number of amides is 1. The van der Waals surface area contributed by atoms with Crippen LogP contribution >= 0.6 is 0 Å². The summed E-state index contributed by atoms with van der Waals surface area (Å²) in [6.07, 6.45) is 6.81. The van der Waals surface area contributed by atoms with E-state index >= 15 is 0 Å². The lowest BCUT2D eigenvalue weighted by Crippen LogP contribution is -2.40. The van der Waals surface area contributed by atoms with Crippen LogP contribution in [0.15, 0.2) is 18.2 Å². The molecule has 1 saturated carbocycles. The summed E-state index contributed by atoms with van der Waals surface area (Å²) in [5.74, 6) is 0.619. The van der Waals surface area contributed by atoms with Crippen molar-refractivity contribution in [1.29, 1.82) is 0 Å². The first-order valence-corrected chi connectivity index (χ1v) is 7.41. The maximum absolute atomic E-state index is 12.6. The lowest BCUT2D eigenvalue weighted by molar-refractivity contribution is -0.137. The highest BCUT2D eigenvalue weighted by Gasteiger charge is 2.28. The molecule has 0 saturated heterocycles. The van der Waals surface area contributed by atoms with E-state index in [1.165, 1.54) is 24.8 Å². The highest BCUT2D eigenvalue weighted by Crippen LogP contribution is 2.29. The predicted molar refractivity (Wildman–Crippen MR) is 76.6 cm³/mol. The molecule has 1 fully saturated rings. The van der Waals surface area contributed by atoms with E-state index in [1.54, 1.807) is 0 Å². The zero-order chi connectivity index (χ0) is 13.2. The number of nitrogen functional groups attached to an aromatic ring is 1. The first-order valence-electron chi connectivity index (χ1n) is 7.41. The number of rotatable bonds is 1. The summed E-state index contributed by atoms with van der Waals surface area (Å²) in [6, 6.07) is 6.08. The molecule has 0 unspecified atom stereocenters. The number of carbonyl (C=O) groups excluding carboxylic acids is 1. The van der Waals surface area contributed by atoms with Gasteiger partial charge in [0.05, 0.1) is 0 Å². The third kappa shape index (κ3) is 2.46. The molecule has 1 aliphatic heterocycles. The molecule has 102 valence electrons. The third-order valence-corrected chi connectivity index (χ3v) is 4.58. The fourth-order valence-electron chi connectivity index (χ4n) is 3.40. The number of nitrogens with zero attached hydrogens (tertiary/aromatic N) is 1. The molecule has 2 aliphatic rings. The summed E-state index contributed by atoms with van der Waals surface area (Å²) < 4.78 is 0. The minimum Gasteiger partial charge on any atom is -0.398 e. The summed E-state index contributed by atoms with van der Waals surface area (Å²) in [5.41, 5.74) is 9.35.